The van der Waals surface area contributed by atoms with E-state index < -0.39 is 6.04 Å². The first-order chi connectivity index (χ1) is 17.4. The van der Waals surface area contributed by atoms with E-state index in [9.17, 15) is 9.90 Å². The number of aryl methyl sites for hydroxylation is 1. The molecule has 4 heterocycles. The number of amides is 1. The lowest BCUT2D eigenvalue weighted by molar-refractivity contribution is -0.122. The van der Waals surface area contributed by atoms with Gasteiger partial charge >= 0.3 is 0 Å². The van der Waals surface area contributed by atoms with Crippen molar-refractivity contribution >= 4 is 40.4 Å². The summed E-state index contributed by atoms with van der Waals surface area (Å²) in [5, 5.41) is 21.5. The summed E-state index contributed by atoms with van der Waals surface area (Å²) in [6.07, 6.45) is 3.33. The molecule has 0 spiro atoms. The number of para-hydroxylation sites is 1. The van der Waals surface area contributed by atoms with E-state index in [0.717, 1.165) is 11.3 Å². The number of carbonyl (C=O) groups is 1. The van der Waals surface area contributed by atoms with Crippen molar-refractivity contribution in [2.45, 2.75) is 25.6 Å². The van der Waals surface area contributed by atoms with Crippen molar-refractivity contribution in [3.8, 4) is 17.0 Å². The summed E-state index contributed by atoms with van der Waals surface area (Å²) in [5.41, 5.74) is 10.4. The molecule has 0 aliphatic carbocycles. The fourth-order valence-corrected chi connectivity index (χ4v) is 4.85. The third-order valence-corrected chi connectivity index (χ3v) is 6.59. The number of nitrogen functional groups attached to an aromatic ring is 1. The number of nitrogens with two attached hydrogens (primary N) is 1. The van der Waals surface area contributed by atoms with E-state index >= 15 is 0 Å². The van der Waals surface area contributed by atoms with Gasteiger partial charge in [-0.05, 0) is 36.8 Å². The number of aliphatic imine (C=N–C) groups is 1. The molecular weight excluding hydrogens is 456 g/mol. The minimum absolute atomic E-state index is 0.101. The Morgan fingerprint density at radius 1 is 1.11 bits per heavy atom. The largest absolute Gasteiger partial charge is 0.508 e. The number of aromatic nitrogens is 3. The molecule has 10 heteroatoms. The molecule has 2 unspecified atom stereocenters. The van der Waals surface area contributed by atoms with Crippen molar-refractivity contribution in [1.29, 1.82) is 0 Å². The number of phenols is 1. The number of benzene rings is 2. The van der Waals surface area contributed by atoms with Gasteiger partial charge in [-0.2, -0.15) is 10.2 Å². The molecule has 6 rings (SSSR count). The summed E-state index contributed by atoms with van der Waals surface area (Å²) < 4.78 is 1.71. The van der Waals surface area contributed by atoms with Crippen LogP contribution < -0.4 is 10.6 Å². The monoisotopic (exact) mass is 480 g/mol. The van der Waals surface area contributed by atoms with Gasteiger partial charge in [0.05, 0.1) is 17.3 Å². The van der Waals surface area contributed by atoms with Gasteiger partial charge in [0, 0.05) is 24.5 Å². The highest BCUT2D eigenvalue weighted by Gasteiger charge is 2.44. The summed E-state index contributed by atoms with van der Waals surface area (Å²) in [4.78, 5) is 24.9. The zero-order valence-corrected chi connectivity index (χ0v) is 19.8. The van der Waals surface area contributed by atoms with Gasteiger partial charge in [-0.1, -0.05) is 30.3 Å². The Labute approximate surface area is 207 Å². The number of anilines is 2. The molecule has 2 aliphatic rings. The Morgan fingerprint density at radius 3 is 2.75 bits per heavy atom. The Hall–Kier alpha value is -4.73. The van der Waals surface area contributed by atoms with Crippen molar-refractivity contribution in [2.24, 2.45) is 10.1 Å². The predicted octanol–water partition coefficient (Wildman–Crippen LogP) is 2.81. The van der Waals surface area contributed by atoms with Gasteiger partial charge in [0.15, 0.2) is 11.7 Å². The predicted molar refractivity (Wildman–Crippen MR) is 139 cm³/mol. The number of pyridine rings is 1. The molecule has 4 aromatic rings. The Balaban J connectivity index is 1.51. The van der Waals surface area contributed by atoms with Crippen LogP contribution in [0.2, 0.25) is 0 Å². The van der Waals surface area contributed by atoms with E-state index in [1.165, 1.54) is 0 Å². The number of fused-ring (bicyclic) bond motifs is 2. The number of likely N-dealkylation sites (N-methyl/N-ethyl adjacent to an activating group) is 1. The number of rotatable bonds is 4. The summed E-state index contributed by atoms with van der Waals surface area (Å²) in [6.45, 7) is 2.15. The molecule has 2 aliphatic heterocycles. The Morgan fingerprint density at radius 2 is 1.94 bits per heavy atom. The maximum absolute atomic E-state index is 13.8. The Bertz CT molecular complexity index is 1570. The maximum Gasteiger partial charge on any atom is 0.259 e. The lowest BCUT2D eigenvalue weighted by Crippen LogP contribution is -2.56. The highest BCUT2D eigenvalue weighted by molar-refractivity contribution is 6.22. The van der Waals surface area contributed by atoms with Crippen LogP contribution in [-0.4, -0.2) is 62.0 Å². The highest BCUT2D eigenvalue weighted by atomic mass is 16.3. The first-order valence-electron chi connectivity index (χ1n) is 11.6. The number of amidine groups is 1. The average Bonchev–Trinajstić information content (AvgIpc) is 3.42. The normalized spacial score (nSPS) is 19.2. The smallest absolute Gasteiger partial charge is 0.259 e. The molecule has 0 saturated carbocycles. The molecular formula is C26H24N8O2. The summed E-state index contributed by atoms with van der Waals surface area (Å²) in [5.74, 6) is 0.561. The Kier molecular flexibility index (Phi) is 4.96. The molecule has 2 aromatic carbocycles. The number of phenolic OH excluding ortho intramolecular Hbond substituents is 1. The van der Waals surface area contributed by atoms with Crippen molar-refractivity contribution < 1.29 is 9.90 Å². The van der Waals surface area contributed by atoms with Crippen LogP contribution >= 0.6 is 0 Å². The van der Waals surface area contributed by atoms with Crippen molar-refractivity contribution in [3.05, 3.63) is 66.4 Å². The van der Waals surface area contributed by atoms with Crippen LogP contribution in [0.25, 0.3) is 22.3 Å². The lowest BCUT2D eigenvalue weighted by Gasteiger charge is -2.35. The van der Waals surface area contributed by atoms with Gasteiger partial charge in [0.1, 0.15) is 29.9 Å². The fourth-order valence-electron chi connectivity index (χ4n) is 4.85. The van der Waals surface area contributed by atoms with Gasteiger partial charge < -0.3 is 10.8 Å². The minimum Gasteiger partial charge on any atom is -0.508 e. The van der Waals surface area contributed by atoms with Gasteiger partial charge in [0.2, 0.25) is 0 Å². The second-order valence-electron chi connectivity index (χ2n) is 8.93. The molecule has 180 valence electrons. The second-order valence-corrected chi connectivity index (χ2v) is 8.93. The molecule has 2 aromatic heterocycles. The quantitative estimate of drug-likeness (QED) is 0.463. The van der Waals surface area contributed by atoms with Gasteiger partial charge in [-0.15, -0.1) is 0 Å². The van der Waals surface area contributed by atoms with Crippen molar-refractivity contribution in [1.82, 2.24) is 19.8 Å². The fraction of sp³-hybridized carbons (Fsp3) is 0.192. The first-order valence-corrected chi connectivity index (χ1v) is 11.6. The van der Waals surface area contributed by atoms with Crippen molar-refractivity contribution in [2.75, 3.05) is 17.7 Å². The topological polar surface area (TPSA) is 125 Å². The summed E-state index contributed by atoms with van der Waals surface area (Å²) >= 11 is 0. The first kappa shape index (κ1) is 21.8. The third-order valence-electron chi connectivity index (χ3n) is 6.59. The molecule has 2 atom stereocenters. The van der Waals surface area contributed by atoms with E-state index in [4.69, 9.17) is 15.8 Å². The number of carbonyl (C=O) groups excluding carboxylic acids is 1. The van der Waals surface area contributed by atoms with E-state index in [1.807, 2.05) is 37.3 Å². The zero-order chi connectivity index (χ0) is 25.0. The molecule has 0 radical (unpaired) electrons. The van der Waals surface area contributed by atoms with Gasteiger partial charge in [0.25, 0.3) is 5.91 Å². The van der Waals surface area contributed by atoms with Gasteiger partial charge in [-0.25, -0.2) is 9.67 Å². The summed E-state index contributed by atoms with van der Waals surface area (Å²) in [7, 11) is 1.78. The number of nitrogens with zero attached hydrogens (tertiary/aromatic N) is 7. The minimum atomic E-state index is -0.501. The van der Waals surface area contributed by atoms with Crippen molar-refractivity contribution in [3.63, 3.8) is 0 Å². The van der Waals surface area contributed by atoms with Crippen LogP contribution in [0.15, 0.2) is 70.9 Å². The van der Waals surface area contributed by atoms with Crippen LogP contribution in [0, 0.1) is 6.92 Å². The second kappa shape index (κ2) is 8.19. The SMILES string of the molecule is Cc1ccccc1N1C(=O)C2C(C=NN2C)N=C1Cn1nc(-c2cccc(O)c2)c2c(N)ccnc21. The lowest BCUT2D eigenvalue weighted by atomic mass is 10.0. The number of hydrogen-bond acceptors (Lipinski definition) is 8. The average molecular weight is 481 g/mol. The molecule has 36 heavy (non-hydrogen) atoms. The third kappa shape index (κ3) is 3.37. The zero-order valence-electron chi connectivity index (χ0n) is 19.8. The van der Waals surface area contributed by atoms with E-state index in [0.29, 0.717) is 33.8 Å². The maximum atomic E-state index is 13.8. The number of hydrazone groups is 1. The molecule has 10 nitrogen and oxygen atoms in total. The molecule has 1 amide bonds. The number of hydrogen-bond donors (Lipinski definition) is 2. The molecule has 0 saturated heterocycles. The van der Waals surface area contributed by atoms with Crippen LogP contribution in [-0.2, 0) is 11.3 Å². The highest BCUT2D eigenvalue weighted by Crippen LogP contribution is 2.34. The van der Waals surface area contributed by atoms with E-state index in [2.05, 4.69) is 10.1 Å². The standard InChI is InChI=1S/C26H24N8O2/c1-15-6-3-4-9-20(15)34-21(30-19-13-29-32(2)24(19)26(34)36)14-33-25-22(18(27)10-11-28-25)23(31-33)16-7-5-8-17(35)12-16/h3-13,19,24,35H,14H2,1-2H3,(H2,27,28). The van der Waals surface area contributed by atoms with Crippen LogP contribution in [0.4, 0.5) is 11.4 Å². The van der Waals surface area contributed by atoms with Gasteiger partial charge in [-0.3, -0.25) is 19.7 Å². The van der Waals surface area contributed by atoms with E-state index in [-0.39, 0.29) is 24.2 Å². The van der Waals surface area contributed by atoms with Crippen LogP contribution in [0.1, 0.15) is 5.56 Å². The van der Waals surface area contributed by atoms with Crippen LogP contribution in [0.3, 0.4) is 0 Å². The molecule has 0 bridgehead atoms. The summed E-state index contributed by atoms with van der Waals surface area (Å²) in [6, 6.07) is 15.4. The molecule has 0 fully saturated rings. The molecule has 3 N–H and O–H groups in total. The van der Waals surface area contributed by atoms with Crippen LogP contribution in [0.5, 0.6) is 5.75 Å². The number of aromatic hydroxyl groups is 1. The van der Waals surface area contributed by atoms with E-state index in [1.54, 1.807) is 58.3 Å².